The molecule has 0 saturated heterocycles. The molecule has 0 heterocycles. The van der Waals surface area contributed by atoms with Gasteiger partial charge in [-0.3, -0.25) is 4.79 Å². The molecule has 14 heavy (non-hydrogen) atoms. The van der Waals surface area contributed by atoms with E-state index in [-0.39, 0.29) is 11.2 Å². The molecular formula is C12H11NO. The van der Waals surface area contributed by atoms with E-state index < -0.39 is 0 Å². The molecule has 2 nitrogen and oxygen atoms in total. The zero-order valence-electron chi connectivity index (χ0n) is 8.08. The Balaban J connectivity index is 2.53. The number of rotatable bonds is 2. The van der Waals surface area contributed by atoms with Gasteiger partial charge in [0.2, 0.25) is 0 Å². The van der Waals surface area contributed by atoms with Crippen LogP contribution in [-0.2, 0) is 10.2 Å². The highest BCUT2D eigenvalue weighted by Gasteiger charge is 2.49. The Morgan fingerprint density at radius 3 is 2.57 bits per heavy atom. The molecule has 2 heteroatoms. The van der Waals surface area contributed by atoms with E-state index in [9.17, 15) is 4.79 Å². The standard InChI is InChI=1S/C12H11NO/c1-9(14)12(6-7-12)11-5-3-2-4-10(11)8-13/h2-5H,6-7H2,1H3. The summed E-state index contributed by atoms with van der Waals surface area (Å²) in [5.41, 5.74) is 1.22. The number of hydrogen-bond acceptors (Lipinski definition) is 2. The third-order valence-corrected chi connectivity index (χ3v) is 2.99. The van der Waals surface area contributed by atoms with E-state index in [4.69, 9.17) is 5.26 Å². The molecule has 0 bridgehead atoms. The Kier molecular flexibility index (Phi) is 1.89. The number of carbonyl (C=O) groups excluding carboxylic acids is 1. The average molecular weight is 185 g/mol. The van der Waals surface area contributed by atoms with E-state index in [1.807, 2.05) is 18.2 Å². The SMILES string of the molecule is CC(=O)C1(c2ccccc2C#N)CC1. The van der Waals surface area contributed by atoms with Crippen molar-refractivity contribution in [2.75, 3.05) is 0 Å². The molecule has 2 rings (SSSR count). The monoisotopic (exact) mass is 185 g/mol. The fourth-order valence-electron chi connectivity index (χ4n) is 1.93. The predicted octanol–water partition coefficient (Wildman–Crippen LogP) is 2.18. The second-order valence-electron chi connectivity index (χ2n) is 3.80. The van der Waals surface area contributed by atoms with Crippen LogP contribution >= 0.6 is 0 Å². The lowest BCUT2D eigenvalue weighted by Gasteiger charge is -2.12. The van der Waals surface area contributed by atoms with Gasteiger partial charge >= 0.3 is 0 Å². The predicted molar refractivity (Wildman–Crippen MR) is 52.8 cm³/mol. The summed E-state index contributed by atoms with van der Waals surface area (Å²) < 4.78 is 0. The lowest BCUT2D eigenvalue weighted by molar-refractivity contribution is -0.119. The minimum absolute atomic E-state index is 0.181. The molecule has 1 saturated carbocycles. The van der Waals surface area contributed by atoms with Crippen molar-refractivity contribution < 1.29 is 4.79 Å². The van der Waals surface area contributed by atoms with E-state index in [1.165, 1.54) is 0 Å². The smallest absolute Gasteiger partial charge is 0.140 e. The molecule has 0 atom stereocenters. The van der Waals surface area contributed by atoms with Crippen molar-refractivity contribution in [3.05, 3.63) is 35.4 Å². The largest absolute Gasteiger partial charge is 0.299 e. The first kappa shape index (κ1) is 8.96. The van der Waals surface area contributed by atoms with Gasteiger partial charge in [0.15, 0.2) is 0 Å². The second-order valence-corrected chi connectivity index (χ2v) is 3.80. The summed E-state index contributed by atoms with van der Waals surface area (Å²) in [7, 11) is 0. The van der Waals surface area contributed by atoms with Crippen molar-refractivity contribution in [2.45, 2.75) is 25.2 Å². The maximum absolute atomic E-state index is 11.5. The third kappa shape index (κ3) is 1.13. The van der Waals surface area contributed by atoms with Crippen LogP contribution in [0, 0.1) is 11.3 Å². The molecule has 1 aromatic rings. The quantitative estimate of drug-likeness (QED) is 0.708. The Morgan fingerprint density at radius 1 is 1.43 bits per heavy atom. The molecule has 0 radical (unpaired) electrons. The van der Waals surface area contributed by atoms with Crippen molar-refractivity contribution in [1.82, 2.24) is 0 Å². The van der Waals surface area contributed by atoms with Crippen LogP contribution in [0.15, 0.2) is 24.3 Å². The number of Topliss-reactive ketones (excluding diaryl/α,β-unsaturated/α-hetero) is 1. The Morgan fingerprint density at radius 2 is 2.07 bits per heavy atom. The van der Waals surface area contributed by atoms with E-state index >= 15 is 0 Å². The van der Waals surface area contributed by atoms with Crippen LogP contribution in [0.1, 0.15) is 30.9 Å². The second kappa shape index (κ2) is 2.95. The van der Waals surface area contributed by atoms with Gasteiger partial charge in [0, 0.05) is 0 Å². The van der Waals surface area contributed by atoms with Gasteiger partial charge in [-0.15, -0.1) is 0 Å². The van der Waals surface area contributed by atoms with E-state index in [0.717, 1.165) is 18.4 Å². The van der Waals surface area contributed by atoms with E-state index in [0.29, 0.717) is 5.56 Å². The number of nitrogens with zero attached hydrogens (tertiary/aromatic N) is 1. The third-order valence-electron chi connectivity index (χ3n) is 2.99. The molecule has 1 aromatic carbocycles. The molecular weight excluding hydrogens is 174 g/mol. The zero-order valence-corrected chi connectivity index (χ0v) is 8.08. The maximum Gasteiger partial charge on any atom is 0.140 e. The summed E-state index contributed by atoms with van der Waals surface area (Å²) in [6.07, 6.45) is 1.78. The highest BCUT2D eigenvalue weighted by atomic mass is 16.1. The van der Waals surface area contributed by atoms with Gasteiger partial charge in [-0.25, -0.2) is 0 Å². The molecule has 1 aliphatic rings. The van der Waals surface area contributed by atoms with E-state index in [2.05, 4.69) is 6.07 Å². The van der Waals surface area contributed by atoms with Crippen LogP contribution in [0.3, 0.4) is 0 Å². The van der Waals surface area contributed by atoms with Gasteiger partial charge < -0.3 is 0 Å². The van der Waals surface area contributed by atoms with Crippen molar-refractivity contribution in [2.24, 2.45) is 0 Å². The summed E-state index contributed by atoms with van der Waals surface area (Å²) >= 11 is 0. The summed E-state index contributed by atoms with van der Waals surface area (Å²) in [4.78, 5) is 11.5. The first-order chi connectivity index (χ1) is 6.70. The van der Waals surface area contributed by atoms with Crippen molar-refractivity contribution in [3.63, 3.8) is 0 Å². The molecule has 0 N–H and O–H groups in total. The molecule has 0 aliphatic heterocycles. The summed E-state index contributed by atoms with van der Waals surface area (Å²) in [5, 5.41) is 8.93. The van der Waals surface area contributed by atoms with Gasteiger partial charge in [0.1, 0.15) is 5.78 Å². The molecule has 70 valence electrons. The molecule has 0 aromatic heterocycles. The minimum atomic E-state index is -0.327. The van der Waals surface area contributed by atoms with Crippen molar-refractivity contribution in [3.8, 4) is 6.07 Å². The van der Waals surface area contributed by atoms with Gasteiger partial charge in [0.05, 0.1) is 17.0 Å². The van der Waals surface area contributed by atoms with Gasteiger partial charge in [0.25, 0.3) is 0 Å². The van der Waals surface area contributed by atoms with Gasteiger partial charge in [-0.2, -0.15) is 5.26 Å². The van der Waals surface area contributed by atoms with Crippen LogP contribution < -0.4 is 0 Å². The number of ketones is 1. The first-order valence-electron chi connectivity index (χ1n) is 4.71. The van der Waals surface area contributed by atoms with Crippen LogP contribution in [0.25, 0.3) is 0 Å². The summed E-state index contributed by atoms with van der Waals surface area (Å²) in [5.74, 6) is 0.181. The molecule has 0 amide bonds. The highest BCUT2D eigenvalue weighted by Crippen LogP contribution is 2.49. The first-order valence-corrected chi connectivity index (χ1v) is 4.71. The molecule has 0 spiro atoms. The van der Waals surface area contributed by atoms with Crippen LogP contribution in [0.2, 0.25) is 0 Å². The van der Waals surface area contributed by atoms with Crippen molar-refractivity contribution >= 4 is 5.78 Å². The number of carbonyl (C=O) groups is 1. The lowest BCUT2D eigenvalue weighted by Crippen LogP contribution is -2.18. The highest BCUT2D eigenvalue weighted by molar-refractivity contribution is 5.91. The maximum atomic E-state index is 11.5. The fourth-order valence-corrected chi connectivity index (χ4v) is 1.93. The van der Waals surface area contributed by atoms with Crippen LogP contribution in [0.4, 0.5) is 0 Å². The normalized spacial score (nSPS) is 17.1. The average Bonchev–Trinajstić information content (AvgIpc) is 2.98. The van der Waals surface area contributed by atoms with Crippen LogP contribution in [-0.4, -0.2) is 5.78 Å². The number of benzene rings is 1. The summed E-state index contributed by atoms with van der Waals surface area (Å²) in [6.45, 7) is 1.61. The minimum Gasteiger partial charge on any atom is -0.299 e. The van der Waals surface area contributed by atoms with Gasteiger partial charge in [-0.05, 0) is 31.4 Å². The van der Waals surface area contributed by atoms with Crippen molar-refractivity contribution in [1.29, 1.82) is 5.26 Å². The zero-order chi connectivity index (χ0) is 10.2. The summed E-state index contributed by atoms with van der Waals surface area (Å²) in [6, 6.07) is 9.54. The Bertz CT molecular complexity index is 424. The van der Waals surface area contributed by atoms with E-state index in [1.54, 1.807) is 13.0 Å². The molecule has 0 unspecified atom stereocenters. The Labute approximate surface area is 83.2 Å². The number of hydrogen-bond donors (Lipinski definition) is 0. The fraction of sp³-hybridized carbons (Fsp3) is 0.333. The number of nitriles is 1. The Hall–Kier alpha value is -1.62. The van der Waals surface area contributed by atoms with Gasteiger partial charge in [-0.1, -0.05) is 18.2 Å². The topological polar surface area (TPSA) is 40.9 Å². The molecule has 1 fully saturated rings. The molecule has 1 aliphatic carbocycles. The lowest BCUT2D eigenvalue weighted by atomic mass is 9.89. The van der Waals surface area contributed by atoms with Crippen LogP contribution in [0.5, 0.6) is 0 Å².